The predicted molar refractivity (Wildman–Crippen MR) is 120 cm³/mol. The summed E-state index contributed by atoms with van der Waals surface area (Å²) in [6, 6.07) is 15.5. The van der Waals surface area contributed by atoms with Crippen LogP contribution >= 0.6 is 0 Å². The van der Waals surface area contributed by atoms with Crippen molar-refractivity contribution in [2.24, 2.45) is 5.73 Å². The van der Waals surface area contributed by atoms with Gasteiger partial charge in [0.1, 0.15) is 11.6 Å². The lowest BCUT2D eigenvalue weighted by Gasteiger charge is -2.18. The Bertz CT molecular complexity index is 1330. The van der Waals surface area contributed by atoms with Gasteiger partial charge in [-0.05, 0) is 35.9 Å². The molecule has 0 saturated carbocycles. The quantitative estimate of drug-likeness (QED) is 0.403. The maximum atomic E-state index is 14.6. The Morgan fingerprint density at radius 3 is 2.48 bits per heavy atom. The minimum atomic E-state index is -3.07. The summed E-state index contributed by atoms with van der Waals surface area (Å²) in [4.78, 5) is 16.1. The van der Waals surface area contributed by atoms with E-state index in [0.717, 1.165) is 13.0 Å². The Morgan fingerprint density at radius 1 is 1.15 bits per heavy atom. The van der Waals surface area contributed by atoms with Gasteiger partial charge < -0.3 is 20.4 Å². The normalized spacial score (nSPS) is 11.5. The van der Waals surface area contributed by atoms with Crippen molar-refractivity contribution < 1.29 is 22.7 Å². The van der Waals surface area contributed by atoms with Crippen molar-refractivity contribution in [2.75, 3.05) is 12.4 Å². The van der Waals surface area contributed by atoms with E-state index >= 15 is 0 Å². The highest BCUT2D eigenvalue weighted by Crippen LogP contribution is 2.32. The number of aromatic nitrogens is 2. The molecule has 0 fully saturated rings. The van der Waals surface area contributed by atoms with Crippen molar-refractivity contribution in [1.29, 1.82) is 0 Å². The molecule has 9 heteroatoms. The molecule has 0 bridgehead atoms. The van der Waals surface area contributed by atoms with Gasteiger partial charge in [-0.1, -0.05) is 24.3 Å². The molecule has 4 aromatic rings. The highest BCUT2D eigenvalue weighted by atomic mass is 19.3. The monoisotopic (exact) mass is 454 g/mol. The zero-order valence-corrected chi connectivity index (χ0v) is 17.9. The standard InChI is InChI=1S/C24H21F3N4O2/c1-24(26,27)18-6-4-3-5-14(18)13-31-21-12-19(25)17(22(28)32)11-20(21)30-23(31)29-15-7-9-16(33-2)10-8-15/h3-12H,13H2,1-2H3,(H2,28,32)(H,29,30). The number of carbonyl (C=O) groups is 1. The number of nitrogens with zero attached hydrogens (tertiary/aromatic N) is 2. The van der Waals surface area contributed by atoms with Gasteiger partial charge in [0.25, 0.3) is 11.8 Å². The molecule has 3 N–H and O–H groups in total. The van der Waals surface area contributed by atoms with Gasteiger partial charge in [0.15, 0.2) is 0 Å². The smallest absolute Gasteiger partial charge is 0.270 e. The van der Waals surface area contributed by atoms with Gasteiger partial charge in [-0.3, -0.25) is 4.79 Å². The van der Waals surface area contributed by atoms with E-state index in [-0.39, 0.29) is 23.6 Å². The van der Waals surface area contributed by atoms with E-state index in [1.807, 2.05) is 0 Å². The minimum Gasteiger partial charge on any atom is -0.497 e. The van der Waals surface area contributed by atoms with Crippen LogP contribution in [0.1, 0.15) is 28.4 Å². The number of nitrogens with two attached hydrogens (primary N) is 1. The van der Waals surface area contributed by atoms with Crippen LogP contribution in [-0.2, 0) is 12.5 Å². The molecule has 6 nitrogen and oxygen atoms in total. The first-order valence-corrected chi connectivity index (χ1v) is 10.0. The first kappa shape index (κ1) is 22.2. The number of benzene rings is 3. The van der Waals surface area contributed by atoms with E-state index in [1.165, 1.54) is 18.2 Å². The summed E-state index contributed by atoms with van der Waals surface area (Å²) in [7, 11) is 1.55. The molecule has 33 heavy (non-hydrogen) atoms. The van der Waals surface area contributed by atoms with Gasteiger partial charge in [-0.25, -0.2) is 18.2 Å². The number of fused-ring (bicyclic) bond motifs is 1. The molecular weight excluding hydrogens is 433 g/mol. The fourth-order valence-corrected chi connectivity index (χ4v) is 3.65. The topological polar surface area (TPSA) is 82.2 Å². The first-order chi connectivity index (χ1) is 15.7. The van der Waals surface area contributed by atoms with E-state index in [2.05, 4.69) is 10.3 Å². The minimum absolute atomic E-state index is 0.00997. The highest BCUT2D eigenvalue weighted by molar-refractivity contribution is 5.97. The van der Waals surface area contributed by atoms with Crippen LogP contribution in [0.3, 0.4) is 0 Å². The van der Waals surface area contributed by atoms with Crippen LogP contribution in [0.5, 0.6) is 5.75 Å². The largest absolute Gasteiger partial charge is 0.497 e. The number of amides is 1. The average Bonchev–Trinajstić information content (AvgIpc) is 3.09. The van der Waals surface area contributed by atoms with E-state index in [0.29, 0.717) is 28.0 Å². The van der Waals surface area contributed by atoms with Gasteiger partial charge >= 0.3 is 0 Å². The SMILES string of the molecule is COc1ccc(Nc2nc3cc(C(N)=O)c(F)cc3n2Cc2ccccc2C(C)(F)F)cc1. The number of nitrogens with one attached hydrogen (secondary N) is 1. The fraction of sp³-hybridized carbons (Fsp3) is 0.167. The Morgan fingerprint density at radius 2 is 1.85 bits per heavy atom. The second-order valence-electron chi connectivity index (χ2n) is 7.61. The van der Waals surface area contributed by atoms with Crippen molar-refractivity contribution in [3.63, 3.8) is 0 Å². The summed E-state index contributed by atoms with van der Waals surface area (Å²) in [5.41, 5.74) is 6.44. The van der Waals surface area contributed by atoms with Crippen molar-refractivity contribution in [3.05, 3.63) is 83.2 Å². The molecule has 4 rings (SSSR count). The van der Waals surface area contributed by atoms with Gasteiger partial charge in [-0.2, -0.15) is 0 Å². The van der Waals surface area contributed by atoms with Crippen molar-refractivity contribution in [3.8, 4) is 5.75 Å². The molecule has 3 aromatic carbocycles. The Labute approximate surface area is 187 Å². The number of halogens is 3. The van der Waals surface area contributed by atoms with Crippen molar-refractivity contribution >= 4 is 28.6 Å². The van der Waals surface area contributed by atoms with Crippen LogP contribution in [0.15, 0.2) is 60.7 Å². The van der Waals surface area contributed by atoms with E-state index in [1.54, 1.807) is 48.1 Å². The number of imidazole rings is 1. The molecule has 0 spiro atoms. The lowest BCUT2D eigenvalue weighted by molar-refractivity contribution is 0.0165. The van der Waals surface area contributed by atoms with Gasteiger partial charge in [0, 0.05) is 24.2 Å². The third-order valence-corrected chi connectivity index (χ3v) is 5.27. The van der Waals surface area contributed by atoms with Gasteiger partial charge in [-0.15, -0.1) is 0 Å². The molecule has 170 valence electrons. The lowest BCUT2D eigenvalue weighted by atomic mass is 10.0. The van der Waals surface area contributed by atoms with Crippen molar-refractivity contribution in [2.45, 2.75) is 19.4 Å². The third-order valence-electron chi connectivity index (χ3n) is 5.27. The van der Waals surface area contributed by atoms with Crippen LogP contribution in [-0.4, -0.2) is 22.6 Å². The Kier molecular flexibility index (Phi) is 5.71. The second-order valence-corrected chi connectivity index (χ2v) is 7.61. The van der Waals surface area contributed by atoms with Crippen LogP contribution < -0.4 is 15.8 Å². The number of carbonyl (C=O) groups excluding carboxylic acids is 1. The average molecular weight is 454 g/mol. The molecule has 0 unspecified atom stereocenters. The zero-order chi connectivity index (χ0) is 23.8. The zero-order valence-electron chi connectivity index (χ0n) is 17.9. The molecule has 1 amide bonds. The lowest BCUT2D eigenvalue weighted by Crippen LogP contribution is -2.14. The molecule has 0 saturated heterocycles. The number of primary amides is 1. The van der Waals surface area contributed by atoms with Gasteiger partial charge in [0.2, 0.25) is 5.95 Å². The van der Waals surface area contributed by atoms with Crippen molar-refractivity contribution in [1.82, 2.24) is 9.55 Å². The predicted octanol–water partition coefficient (Wildman–Crippen LogP) is 5.19. The first-order valence-electron chi connectivity index (χ1n) is 10.0. The molecular formula is C24H21F3N4O2. The maximum absolute atomic E-state index is 14.6. The summed E-state index contributed by atoms with van der Waals surface area (Å²) >= 11 is 0. The Balaban J connectivity index is 1.86. The molecule has 0 radical (unpaired) electrons. The molecule has 0 aliphatic rings. The third kappa shape index (κ3) is 4.48. The summed E-state index contributed by atoms with van der Waals surface area (Å²) < 4.78 is 49.8. The number of rotatable bonds is 7. The second kappa shape index (κ2) is 8.50. The van der Waals surface area contributed by atoms with Crippen LogP contribution in [0.2, 0.25) is 0 Å². The molecule has 0 aliphatic carbocycles. The van der Waals surface area contributed by atoms with E-state index < -0.39 is 17.6 Å². The van der Waals surface area contributed by atoms with Crippen LogP contribution in [0, 0.1) is 5.82 Å². The number of methoxy groups -OCH3 is 1. The molecule has 1 heterocycles. The molecule has 0 aliphatic heterocycles. The maximum Gasteiger partial charge on any atom is 0.270 e. The number of hydrogen-bond acceptors (Lipinski definition) is 4. The Hall–Kier alpha value is -4.01. The number of anilines is 2. The van der Waals surface area contributed by atoms with Crippen LogP contribution in [0.25, 0.3) is 11.0 Å². The summed E-state index contributed by atoms with van der Waals surface area (Å²) in [5, 5.41) is 3.13. The fourth-order valence-electron chi connectivity index (χ4n) is 3.65. The number of ether oxygens (including phenoxy) is 1. The van der Waals surface area contributed by atoms with E-state index in [9.17, 15) is 18.0 Å². The van der Waals surface area contributed by atoms with E-state index in [4.69, 9.17) is 10.5 Å². The molecule has 1 aromatic heterocycles. The highest BCUT2D eigenvalue weighted by Gasteiger charge is 2.28. The number of alkyl halides is 2. The summed E-state index contributed by atoms with van der Waals surface area (Å²) in [6.45, 7) is 0.817. The molecule has 0 atom stereocenters. The summed E-state index contributed by atoms with van der Waals surface area (Å²) in [5.74, 6) is -3.88. The number of hydrogen-bond donors (Lipinski definition) is 2. The van der Waals surface area contributed by atoms with Gasteiger partial charge in [0.05, 0.1) is 30.3 Å². The summed E-state index contributed by atoms with van der Waals surface area (Å²) in [6.07, 6.45) is 0. The van der Waals surface area contributed by atoms with Crippen LogP contribution in [0.4, 0.5) is 24.8 Å².